The van der Waals surface area contributed by atoms with Crippen LogP contribution < -0.4 is 11.1 Å². The summed E-state index contributed by atoms with van der Waals surface area (Å²) in [5, 5.41) is 34.7. The van der Waals surface area contributed by atoms with Gasteiger partial charge in [0.1, 0.15) is 24.6 Å². The highest BCUT2D eigenvalue weighted by Crippen LogP contribution is 2.35. The van der Waals surface area contributed by atoms with Crippen molar-refractivity contribution in [3.63, 3.8) is 0 Å². The largest absolute Gasteiger partial charge is 0.387 e. The van der Waals surface area contributed by atoms with Crippen molar-refractivity contribution >= 4 is 46.1 Å². The molecule has 1 aliphatic heterocycles. The minimum absolute atomic E-state index is 0.0184. The number of benzene rings is 2. The van der Waals surface area contributed by atoms with Crippen molar-refractivity contribution in [2.75, 3.05) is 17.7 Å². The second kappa shape index (κ2) is 11.1. The topological polar surface area (TPSA) is 164 Å². The van der Waals surface area contributed by atoms with E-state index in [1.54, 1.807) is 41.0 Å². The number of nitrogens with zero attached hydrogens (tertiary/aromatic N) is 5. The van der Waals surface area contributed by atoms with E-state index in [2.05, 4.69) is 26.3 Å². The number of rotatable bonds is 8. The van der Waals surface area contributed by atoms with Crippen LogP contribution in [-0.4, -0.2) is 54.7 Å². The van der Waals surface area contributed by atoms with Crippen molar-refractivity contribution in [3.05, 3.63) is 75.5 Å². The zero-order valence-electron chi connectivity index (χ0n) is 19.8. The molecule has 2 aromatic heterocycles. The lowest BCUT2D eigenvalue weighted by molar-refractivity contribution is -0.0675. The fraction of sp³-hybridized carbons (Fsp3) is 0.280. The SMILES string of the molecule is N#Cc1ccc(COC[C@H]2O[C@@H](n3c(NCc4ccc(Cl)c(Cl)c4)nc4c(N)ncnc43)[C@H](O)[C@@H]2O)cc1. The number of aromatic nitrogens is 4. The lowest BCUT2D eigenvalue weighted by atomic mass is 10.1. The van der Waals surface area contributed by atoms with Crippen molar-refractivity contribution in [1.29, 1.82) is 5.26 Å². The highest BCUT2D eigenvalue weighted by atomic mass is 35.5. The average molecular weight is 556 g/mol. The third-order valence-electron chi connectivity index (χ3n) is 6.17. The molecule has 0 radical (unpaired) electrons. The predicted molar refractivity (Wildman–Crippen MR) is 140 cm³/mol. The number of aliphatic hydroxyl groups excluding tert-OH is 2. The maximum absolute atomic E-state index is 10.9. The van der Waals surface area contributed by atoms with E-state index < -0.39 is 24.5 Å². The van der Waals surface area contributed by atoms with E-state index in [0.29, 0.717) is 39.3 Å². The number of ether oxygens (including phenoxy) is 2. The molecule has 5 N–H and O–H groups in total. The van der Waals surface area contributed by atoms with E-state index in [4.69, 9.17) is 43.7 Å². The summed E-state index contributed by atoms with van der Waals surface area (Å²) in [6.07, 6.45) is -3.12. The van der Waals surface area contributed by atoms with Crippen LogP contribution in [0.4, 0.5) is 11.8 Å². The molecule has 1 fully saturated rings. The molecule has 196 valence electrons. The van der Waals surface area contributed by atoms with E-state index in [9.17, 15) is 10.2 Å². The molecular weight excluding hydrogens is 533 g/mol. The van der Waals surface area contributed by atoms with Gasteiger partial charge in [-0.3, -0.25) is 4.57 Å². The first-order valence-corrected chi connectivity index (χ1v) is 12.4. The summed E-state index contributed by atoms with van der Waals surface area (Å²) in [5.74, 6) is 0.454. The number of nitrogens with two attached hydrogens (primary N) is 1. The Morgan fingerprint density at radius 3 is 2.58 bits per heavy atom. The zero-order valence-corrected chi connectivity index (χ0v) is 21.3. The molecule has 0 aliphatic carbocycles. The number of nitrogen functional groups attached to an aromatic ring is 1. The first-order valence-electron chi connectivity index (χ1n) is 11.6. The van der Waals surface area contributed by atoms with Crippen LogP contribution in [-0.2, 0) is 22.6 Å². The number of anilines is 2. The minimum atomic E-state index is -1.31. The lowest BCUT2D eigenvalue weighted by Crippen LogP contribution is -2.34. The van der Waals surface area contributed by atoms with Gasteiger partial charge in [0.05, 0.1) is 34.9 Å². The predicted octanol–water partition coefficient (Wildman–Crippen LogP) is 3.04. The smallest absolute Gasteiger partial charge is 0.207 e. The van der Waals surface area contributed by atoms with Gasteiger partial charge in [-0.05, 0) is 35.4 Å². The van der Waals surface area contributed by atoms with Gasteiger partial charge in [-0.25, -0.2) is 15.0 Å². The van der Waals surface area contributed by atoms with Crippen LogP contribution in [0.25, 0.3) is 11.2 Å². The van der Waals surface area contributed by atoms with Crippen molar-refractivity contribution in [2.24, 2.45) is 0 Å². The van der Waals surface area contributed by atoms with Crippen molar-refractivity contribution in [1.82, 2.24) is 19.5 Å². The molecule has 13 heteroatoms. The Bertz CT molecular complexity index is 1490. The van der Waals surface area contributed by atoms with Crippen LogP contribution in [0.2, 0.25) is 10.0 Å². The van der Waals surface area contributed by atoms with Gasteiger partial charge in [0.25, 0.3) is 0 Å². The van der Waals surface area contributed by atoms with Crippen LogP contribution >= 0.6 is 23.2 Å². The van der Waals surface area contributed by atoms with Crippen molar-refractivity contribution in [2.45, 2.75) is 37.7 Å². The molecule has 4 aromatic rings. The maximum atomic E-state index is 10.9. The summed E-state index contributed by atoms with van der Waals surface area (Å²) in [6, 6.07) is 14.3. The molecule has 11 nitrogen and oxygen atoms in total. The van der Waals surface area contributed by atoms with Gasteiger partial charge in [-0.1, -0.05) is 41.4 Å². The van der Waals surface area contributed by atoms with E-state index in [-0.39, 0.29) is 19.0 Å². The minimum Gasteiger partial charge on any atom is -0.387 e. The first-order chi connectivity index (χ1) is 18.4. The molecule has 0 saturated carbocycles. The summed E-state index contributed by atoms with van der Waals surface area (Å²) in [5.41, 5.74) is 8.91. The number of imidazole rings is 1. The van der Waals surface area contributed by atoms with Gasteiger partial charge in [-0.15, -0.1) is 0 Å². The van der Waals surface area contributed by atoms with Gasteiger partial charge in [0.2, 0.25) is 5.95 Å². The Labute approximate surface area is 227 Å². The van der Waals surface area contributed by atoms with E-state index in [0.717, 1.165) is 11.1 Å². The zero-order chi connectivity index (χ0) is 26.8. The van der Waals surface area contributed by atoms with Crippen LogP contribution in [0.15, 0.2) is 48.8 Å². The first kappa shape index (κ1) is 26.1. The standard InChI is InChI=1S/C25H23Cl2N7O4/c26-16-6-5-15(7-17(16)27)9-30-25-33-19-22(29)31-12-32-23(19)34(25)24-21(36)20(35)18(38-24)11-37-10-14-3-1-13(8-28)2-4-14/h1-7,12,18,20-21,24,35-36H,9-11H2,(H,30,33)(H2,29,31,32)/t18-,20-,21-,24-/m1/s1. The van der Waals surface area contributed by atoms with Gasteiger partial charge in [0, 0.05) is 6.54 Å². The van der Waals surface area contributed by atoms with Crippen molar-refractivity contribution in [3.8, 4) is 6.07 Å². The highest BCUT2D eigenvalue weighted by Gasteiger charge is 2.45. The fourth-order valence-electron chi connectivity index (χ4n) is 4.17. The van der Waals surface area contributed by atoms with E-state index in [1.165, 1.54) is 6.33 Å². The molecule has 0 unspecified atom stereocenters. The average Bonchev–Trinajstić information content (AvgIpc) is 3.42. The highest BCUT2D eigenvalue weighted by molar-refractivity contribution is 6.42. The molecule has 2 aromatic carbocycles. The molecule has 1 aliphatic rings. The van der Waals surface area contributed by atoms with Gasteiger partial charge in [-0.2, -0.15) is 5.26 Å². The number of fused-ring (bicyclic) bond motifs is 1. The van der Waals surface area contributed by atoms with E-state index in [1.807, 2.05) is 6.07 Å². The monoisotopic (exact) mass is 555 g/mol. The summed E-state index contributed by atoms with van der Waals surface area (Å²) in [4.78, 5) is 12.8. The third kappa shape index (κ3) is 5.23. The number of hydrogen-bond acceptors (Lipinski definition) is 10. The Morgan fingerprint density at radius 1 is 1.08 bits per heavy atom. The van der Waals surface area contributed by atoms with Crippen LogP contribution in [0.1, 0.15) is 22.9 Å². The summed E-state index contributed by atoms with van der Waals surface area (Å²) < 4.78 is 13.3. The van der Waals surface area contributed by atoms with E-state index >= 15 is 0 Å². The van der Waals surface area contributed by atoms with Crippen LogP contribution in [0.5, 0.6) is 0 Å². The van der Waals surface area contributed by atoms with Gasteiger partial charge in [0.15, 0.2) is 23.2 Å². The molecule has 1 saturated heterocycles. The molecule has 5 rings (SSSR count). The normalized spacial score (nSPS) is 21.0. The third-order valence-corrected chi connectivity index (χ3v) is 6.90. The number of hydrogen-bond donors (Lipinski definition) is 4. The Hall–Kier alpha value is -3.50. The summed E-state index contributed by atoms with van der Waals surface area (Å²) >= 11 is 12.2. The quantitative estimate of drug-likeness (QED) is 0.254. The Balaban J connectivity index is 1.35. The Kier molecular flexibility index (Phi) is 7.62. The van der Waals surface area contributed by atoms with Crippen LogP contribution in [0.3, 0.4) is 0 Å². The molecular formula is C25H23Cl2N7O4. The van der Waals surface area contributed by atoms with Gasteiger partial charge < -0.3 is 30.7 Å². The maximum Gasteiger partial charge on any atom is 0.207 e. The summed E-state index contributed by atoms with van der Waals surface area (Å²) in [7, 11) is 0. The second-order valence-corrected chi connectivity index (χ2v) is 9.52. The lowest BCUT2D eigenvalue weighted by Gasteiger charge is -2.20. The molecule has 3 heterocycles. The summed E-state index contributed by atoms with van der Waals surface area (Å²) in [6.45, 7) is 0.577. The number of halogens is 2. The van der Waals surface area contributed by atoms with Gasteiger partial charge >= 0.3 is 0 Å². The second-order valence-electron chi connectivity index (χ2n) is 8.71. The molecule has 38 heavy (non-hydrogen) atoms. The molecule has 0 amide bonds. The van der Waals surface area contributed by atoms with Crippen LogP contribution in [0, 0.1) is 11.3 Å². The van der Waals surface area contributed by atoms with Crippen molar-refractivity contribution < 1.29 is 19.7 Å². The number of nitrogens with one attached hydrogen (secondary N) is 1. The molecule has 0 bridgehead atoms. The fourth-order valence-corrected chi connectivity index (χ4v) is 4.49. The molecule has 0 spiro atoms. The number of aliphatic hydroxyl groups is 2. The number of nitriles is 1. The Morgan fingerprint density at radius 2 is 1.84 bits per heavy atom. The molecule has 4 atom stereocenters.